The second kappa shape index (κ2) is 7.53. The van der Waals surface area contributed by atoms with Gasteiger partial charge in [-0.15, -0.1) is 0 Å². The van der Waals surface area contributed by atoms with Crippen molar-refractivity contribution in [1.29, 1.82) is 0 Å². The third kappa shape index (κ3) is 3.97. The van der Waals surface area contributed by atoms with E-state index in [2.05, 4.69) is 46.7 Å². The first-order chi connectivity index (χ1) is 13.1. The van der Waals surface area contributed by atoms with Gasteiger partial charge in [-0.05, 0) is 87.8 Å². The maximum absolute atomic E-state index is 12.4. The van der Waals surface area contributed by atoms with Gasteiger partial charge in [0, 0.05) is 24.3 Å². The first-order valence-corrected chi connectivity index (χ1v) is 10.6. The molecule has 4 bridgehead atoms. The fourth-order valence-electron chi connectivity index (χ4n) is 6.06. The SMILES string of the molecule is CCN(CC)c1ccc(/C=N/NC(=O)NC23CC4CC(CC(C4)C2)C3)cc1. The quantitative estimate of drug-likeness (QED) is 0.586. The molecule has 0 radical (unpaired) electrons. The minimum Gasteiger partial charge on any atom is -0.372 e. The van der Waals surface area contributed by atoms with Gasteiger partial charge in [-0.3, -0.25) is 0 Å². The molecular formula is C22H32N4O. The van der Waals surface area contributed by atoms with E-state index in [4.69, 9.17) is 0 Å². The van der Waals surface area contributed by atoms with Gasteiger partial charge in [0.2, 0.25) is 0 Å². The molecule has 1 aromatic carbocycles. The van der Waals surface area contributed by atoms with Crippen LogP contribution in [0.2, 0.25) is 0 Å². The summed E-state index contributed by atoms with van der Waals surface area (Å²) in [7, 11) is 0. The molecule has 1 aromatic rings. The number of hydrazone groups is 1. The van der Waals surface area contributed by atoms with Crippen LogP contribution in [0.4, 0.5) is 10.5 Å². The number of carbonyl (C=O) groups is 1. The second-order valence-corrected chi connectivity index (χ2v) is 8.79. The van der Waals surface area contributed by atoms with E-state index in [0.29, 0.717) is 0 Å². The molecule has 27 heavy (non-hydrogen) atoms. The summed E-state index contributed by atoms with van der Waals surface area (Å²) in [6, 6.07) is 8.12. The summed E-state index contributed by atoms with van der Waals surface area (Å²) in [6.45, 7) is 6.31. The summed E-state index contributed by atoms with van der Waals surface area (Å²) in [5.74, 6) is 2.47. The van der Waals surface area contributed by atoms with Gasteiger partial charge in [0.05, 0.1) is 6.21 Å². The minimum atomic E-state index is -0.159. The maximum Gasteiger partial charge on any atom is 0.335 e. The van der Waals surface area contributed by atoms with Crippen molar-refractivity contribution in [1.82, 2.24) is 10.7 Å². The van der Waals surface area contributed by atoms with Crippen molar-refractivity contribution < 1.29 is 4.79 Å². The van der Waals surface area contributed by atoms with Crippen LogP contribution in [-0.4, -0.2) is 30.9 Å². The Morgan fingerprint density at radius 1 is 1.07 bits per heavy atom. The van der Waals surface area contributed by atoms with Gasteiger partial charge in [-0.25, -0.2) is 10.2 Å². The molecule has 2 amide bonds. The number of hydrogen-bond donors (Lipinski definition) is 2. The van der Waals surface area contributed by atoms with Crippen LogP contribution in [0.25, 0.3) is 0 Å². The Bertz CT molecular complexity index is 657. The molecule has 0 spiro atoms. The van der Waals surface area contributed by atoms with Crippen molar-refractivity contribution in [3.05, 3.63) is 29.8 Å². The molecule has 0 heterocycles. The third-order valence-corrected chi connectivity index (χ3v) is 6.82. The molecule has 0 aromatic heterocycles. The first-order valence-electron chi connectivity index (χ1n) is 10.6. The van der Waals surface area contributed by atoms with E-state index in [1.165, 1.54) is 24.9 Å². The highest BCUT2D eigenvalue weighted by atomic mass is 16.2. The number of hydrogen-bond acceptors (Lipinski definition) is 3. The van der Waals surface area contributed by atoms with E-state index in [-0.39, 0.29) is 11.6 Å². The Morgan fingerprint density at radius 2 is 1.63 bits per heavy atom. The molecule has 4 aliphatic rings. The van der Waals surface area contributed by atoms with Gasteiger partial charge >= 0.3 is 6.03 Å². The number of rotatable bonds is 6. The Morgan fingerprint density at radius 3 is 2.15 bits per heavy atom. The van der Waals surface area contributed by atoms with Crippen LogP contribution in [0.1, 0.15) is 57.9 Å². The molecule has 2 N–H and O–H groups in total. The zero-order valence-corrected chi connectivity index (χ0v) is 16.6. The van der Waals surface area contributed by atoms with E-state index in [9.17, 15) is 4.79 Å². The monoisotopic (exact) mass is 368 g/mol. The average molecular weight is 369 g/mol. The van der Waals surface area contributed by atoms with Crippen LogP contribution in [0, 0.1) is 17.8 Å². The second-order valence-electron chi connectivity index (χ2n) is 8.79. The van der Waals surface area contributed by atoms with Crippen LogP contribution in [-0.2, 0) is 0 Å². The molecule has 0 saturated heterocycles. The topological polar surface area (TPSA) is 56.7 Å². The summed E-state index contributed by atoms with van der Waals surface area (Å²) >= 11 is 0. The fraction of sp³-hybridized carbons (Fsp3) is 0.636. The number of benzene rings is 1. The average Bonchev–Trinajstić information content (AvgIpc) is 2.62. The summed E-state index contributed by atoms with van der Waals surface area (Å²) < 4.78 is 0. The maximum atomic E-state index is 12.4. The Kier molecular flexibility index (Phi) is 5.11. The van der Waals surface area contributed by atoms with Crippen molar-refractivity contribution in [2.24, 2.45) is 22.9 Å². The Labute approximate surface area is 162 Å². The number of nitrogens with one attached hydrogen (secondary N) is 2. The van der Waals surface area contributed by atoms with Gasteiger partial charge in [0.1, 0.15) is 0 Å². The van der Waals surface area contributed by atoms with Crippen molar-refractivity contribution in [2.45, 2.75) is 57.9 Å². The predicted octanol–water partition coefficient (Wildman–Crippen LogP) is 4.13. The predicted molar refractivity (Wildman–Crippen MR) is 110 cm³/mol. The number of carbonyl (C=O) groups excluding carboxylic acids is 1. The highest BCUT2D eigenvalue weighted by molar-refractivity contribution is 5.82. The molecule has 4 fully saturated rings. The summed E-state index contributed by atoms with van der Waals surface area (Å²) in [5.41, 5.74) is 4.90. The van der Waals surface area contributed by atoms with Crippen LogP contribution in [0.15, 0.2) is 29.4 Å². The van der Waals surface area contributed by atoms with E-state index < -0.39 is 0 Å². The molecule has 0 atom stereocenters. The van der Waals surface area contributed by atoms with Gasteiger partial charge < -0.3 is 10.2 Å². The third-order valence-electron chi connectivity index (χ3n) is 6.82. The van der Waals surface area contributed by atoms with Crippen molar-refractivity contribution in [3.63, 3.8) is 0 Å². The van der Waals surface area contributed by atoms with Gasteiger partial charge in [-0.1, -0.05) is 12.1 Å². The summed E-state index contributed by atoms with van der Waals surface area (Å²) in [6.07, 6.45) is 9.32. The van der Waals surface area contributed by atoms with E-state index in [0.717, 1.165) is 55.7 Å². The summed E-state index contributed by atoms with van der Waals surface area (Å²) in [5, 5.41) is 7.43. The lowest BCUT2D eigenvalue weighted by Crippen LogP contribution is -2.61. The molecule has 0 unspecified atom stereocenters. The van der Waals surface area contributed by atoms with Crippen LogP contribution in [0.5, 0.6) is 0 Å². The van der Waals surface area contributed by atoms with Crippen molar-refractivity contribution in [3.8, 4) is 0 Å². The normalized spacial score (nSPS) is 31.3. The van der Waals surface area contributed by atoms with Crippen molar-refractivity contribution in [2.75, 3.05) is 18.0 Å². The number of amides is 2. The zero-order chi connectivity index (χ0) is 18.9. The number of nitrogens with zero attached hydrogens (tertiary/aromatic N) is 2. The molecule has 5 nitrogen and oxygen atoms in total. The molecule has 146 valence electrons. The van der Waals surface area contributed by atoms with Crippen LogP contribution < -0.4 is 15.6 Å². The summed E-state index contributed by atoms with van der Waals surface area (Å²) in [4.78, 5) is 14.7. The molecule has 5 heteroatoms. The van der Waals surface area contributed by atoms with Gasteiger partial charge in [0.25, 0.3) is 0 Å². The molecule has 4 saturated carbocycles. The van der Waals surface area contributed by atoms with Crippen molar-refractivity contribution >= 4 is 17.9 Å². The van der Waals surface area contributed by atoms with Crippen LogP contribution >= 0.6 is 0 Å². The Hall–Kier alpha value is -2.04. The van der Waals surface area contributed by atoms with Gasteiger partial charge in [-0.2, -0.15) is 5.10 Å². The molecular weight excluding hydrogens is 336 g/mol. The largest absolute Gasteiger partial charge is 0.372 e. The van der Waals surface area contributed by atoms with E-state index in [1.54, 1.807) is 6.21 Å². The number of urea groups is 1. The molecule has 5 rings (SSSR count). The Balaban J connectivity index is 1.30. The molecule has 4 aliphatic carbocycles. The highest BCUT2D eigenvalue weighted by Gasteiger charge is 2.51. The molecule has 0 aliphatic heterocycles. The zero-order valence-electron chi connectivity index (χ0n) is 16.6. The van der Waals surface area contributed by atoms with E-state index >= 15 is 0 Å². The highest BCUT2D eigenvalue weighted by Crippen LogP contribution is 2.55. The number of anilines is 1. The smallest absolute Gasteiger partial charge is 0.335 e. The standard InChI is InChI=1S/C22H32N4O/c1-3-26(4-2)20-7-5-16(6-8-20)15-23-25-21(27)24-22-12-17-9-18(13-22)11-19(10-17)14-22/h5-8,15,17-19H,3-4,9-14H2,1-2H3,(H2,24,25,27)/b23-15+. The van der Waals surface area contributed by atoms with Gasteiger partial charge in [0.15, 0.2) is 0 Å². The lowest BCUT2D eigenvalue weighted by molar-refractivity contribution is -0.0135. The van der Waals surface area contributed by atoms with E-state index in [1.807, 2.05) is 12.1 Å². The van der Waals surface area contributed by atoms with Crippen LogP contribution in [0.3, 0.4) is 0 Å². The lowest BCUT2D eigenvalue weighted by Gasteiger charge is -2.56. The minimum absolute atomic E-state index is 0.0275. The first kappa shape index (κ1) is 18.3. The lowest BCUT2D eigenvalue weighted by atomic mass is 9.53. The fourth-order valence-corrected chi connectivity index (χ4v) is 6.06.